The highest BCUT2D eigenvalue weighted by molar-refractivity contribution is 5.86. The minimum atomic E-state index is -1.23. The van der Waals surface area contributed by atoms with Gasteiger partial charge in [0.25, 0.3) is 5.91 Å². The van der Waals surface area contributed by atoms with Crippen molar-refractivity contribution in [1.29, 1.82) is 0 Å². The van der Waals surface area contributed by atoms with Crippen LogP contribution in [0.4, 0.5) is 9.18 Å². The molecule has 3 rings (SSSR count). The van der Waals surface area contributed by atoms with Crippen molar-refractivity contribution in [2.75, 3.05) is 13.1 Å². The molecule has 1 fully saturated rings. The monoisotopic (exact) mass is 415 g/mol. The van der Waals surface area contributed by atoms with Crippen molar-refractivity contribution in [3.63, 3.8) is 0 Å². The summed E-state index contributed by atoms with van der Waals surface area (Å²) in [5.41, 5.74) is 4.39. The van der Waals surface area contributed by atoms with Gasteiger partial charge in [-0.3, -0.25) is 10.0 Å². The van der Waals surface area contributed by atoms with E-state index >= 15 is 0 Å². The number of carbonyl (C=O) groups is 2. The van der Waals surface area contributed by atoms with Crippen molar-refractivity contribution < 1.29 is 24.3 Å². The van der Waals surface area contributed by atoms with Gasteiger partial charge in [-0.2, -0.15) is 0 Å². The number of halogens is 1. The maximum atomic E-state index is 13.4. The second kappa shape index (κ2) is 9.69. The van der Waals surface area contributed by atoms with Gasteiger partial charge in [-0.1, -0.05) is 36.4 Å². The highest BCUT2D eigenvalue weighted by atomic mass is 19.1. The molecule has 3 amide bonds. The first-order valence-electron chi connectivity index (χ1n) is 9.92. The molecule has 7 nitrogen and oxygen atoms in total. The van der Waals surface area contributed by atoms with Crippen molar-refractivity contribution >= 4 is 11.9 Å². The summed E-state index contributed by atoms with van der Waals surface area (Å²) in [4.78, 5) is 25.6. The predicted molar refractivity (Wildman–Crippen MR) is 109 cm³/mol. The van der Waals surface area contributed by atoms with Gasteiger partial charge in [0.15, 0.2) is 0 Å². The number of amides is 3. The number of nitrogens with zero attached hydrogens (tertiary/aromatic N) is 1. The van der Waals surface area contributed by atoms with E-state index in [0.717, 1.165) is 29.5 Å². The van der Waals surface area contributed by atoms with E-state index in [-0.39, 0.29) is 5.82 Å². The molecule has 1 saturated heterocycles. The number of urea groups is 1. The summed E-state index contributed by atoms with van der Waals surface area (Å²) in [6.45, 7) is 2.38. The summed E-state index contributed by atoms with van der Waals surface area (Å²) >= 11 is 0. The van der Waals surface area contributed by atoms with Crippen LogP contribution in [0, 0.1) is 5.82 Å². The Morgan fingerprint density at radius 1 is 1.10 bits per heavy atom. The first kappa shape index (κ1) is 21.7. The smallest absolute Gasteiger partial charge is 0.318 e. The van der Waals surface area contributed by atoms with Crippen molar-refractivity contribution in [3.8, 4) is 11.1 Å². The van der Waals surface area contributed by atoms with E-state index in [4.69, 9.17) is 5.21 Å². The third-order valence-corrected chi connectivity index (χ3v) is 5.48. The number of aliphatic hydroxyl groups excluding tert-OH is 1. The van der Waals surface area contributed by atoms with Crippen LogP contribution in [0.5, 0.6) is 0 Å². The number of carbonyl (C=O) groups excluding carboxylic acids is 2. The Morgan fingerprint density at radius 3 is 2.33 bits per heavy atom. The first-order chi connectivity index (χ1) is 14.4. The number of hydroxylamine groups is 1. The topological polar surface area (TPSA) is 102 Å². The van der Waals surface area contributed by atoms with Crippen LogP contribution in [0.1, 0.15) is 31.2 Å². The number of aliphatic hydroxyl groups is 1. The lowest BCUT2D eigenvalue weighted by Crippen LogP contribution is -2.56. The highest BCUT2D eigenvalue weighted by Gasteiger charge is 2.29. The maximum absolute atomic E-state index is 13.4. The summed E-state index contributed by atoms with van der Waals surface area (Å²) in [6, 6.07) is 12.8. The zero-order chi connectivity index (χ0) is 21.7. The molecular weight excluding hydrogens is 389 g/mol. The fourth-order valence-electron chi connectivity index (χ4n) is 3.73. The molecule has 0 radical (unpaired) electrons. The third kappa shape index (κ3) is 5.14. The number of piperidine rings is 1. The molecule has 1 aliphatic rings. The Bertz CT molecular complexity index is 880. The number of likely N-dealkylation sites (tertiary alicyclic amines) is 1. The molecule has 2 atom stereocenters. The fraction of sp³-hybridized carbons (Fsp3) is 0.364. The third-order valence-electron chi connectivity index (χ3n) is 5.48. The van der Waals surface area contributed by atoms with Gasteiger partial charge in [-0.15, -0.1) is 0 Å². The van der Waals surface area contributed by atoms with E-state index in [1.165, 1.54) is 24.5 Å². The second-order valence-electron chi connectivity index (χ2n) is 7.54. The zero-order valence-electron chi connectivity index (χ0n) is 16.7. The van der Waals surface area contributed by atoms with Crippen LogP contribution < -0.4 is 10.8 Å². The van der Waals surface area contributed by atoms with Crippen LogP contribution in [0.2, 0.25) is 0 Å². The van der Waals surface area contributed by atoms with Gasteiger partial charge in [0.2, 0.25) is 0 Å². The summed E-state index contributed by atoms with van der Waals surface area (Å²) in [7, 11) is 0. The maximum Gasteiger partial charge on any atom is 0.318 e. The van der Waals surface area contributed by atoms with Gasteiger partial charge >= 0.3 is 6.03 Å². The number of hydrogen-bond acceptors (Lipinski definition) is 4. The number of benzene rings is 2. The quantitative estimate of drug-likeness (QED) is 0.445. The van der Waals surface area contributed by atoms with Crippen LogP contribution in [0.25, 0.3) is 11.1 Å². The molecular formula is C22H26FN3O4. The lowest BCUT2D eigenvalue weighted by molar-refractivity contribution is -0.133. The molecule has 2 aromatic rings. The Labute approximate surface area is 174 Å². The first-order valence-corrected chi connectivity index (χ1v) is 9.92. The molecule has 1 aliphatic heterocycles. The van der Waals surface area contributed by atoms with Gasteiger partial charge in [0.1, 0.15) is 11.9 Å². The molecule has 0 bridgehead atoms. The van der Waals surface area contributed by atoms with Crippen molar-refractivity contribution in [2.24, 2.45) is 0 Å². The van der Waals surface area contributed by atoms with Crippen LogP contribution in [0.15, 0.2) is 48.5 Å². The fourth-order valence-corrected chi connectivity index (χ4v) is 3.73. The van der Waals surface area contributed by atoms with Crippen LogP contribution in [-0.4, -0.2) is 52.4 Å². The molecule has 2 aromatic carbocycles. The lowest BCUT2D eigenvalue weighted by Gasteiger charge is -2.33. The van der Waals surface area contributed by atoms with Gasteiger partial charge < -0.3 is 15.3 Å². The largest absolute Gasteiger partial charge is 0.391 e. The summed E-state index contributed by atoms with van der Waals surface area (Å²) in [5.74, 6) is -0.841. The van der Waals surface area contributed by atoms with Gasteiger partial charge in [0, 0.05) is 13.1 Å². The molecule has 0 aliphatic carbocycles. The molecule has 0 saturated carbocycles. The van der Waals surface area contributed by atoms with Gasteiger partial charge in [0.05, 0.1) is 6.10 Å². The minimum Gasteiger partial charge on any atom is -0.391 e. The average Bonchev–Trinajstić information content (AvgIpc) is 2.77. The Hall–Kier alpha value is -2.97. The highest BCUT2D eigenvalue weighted by Crippen LogP contribution is 2.30. The van der Waals surface area contributed by atoms with E-state index in [2.05, 4.69) is 5.32 Å². The predicted octanol–water partition coefficient (Wildman–Crippen LogP) is 2.64. The Morgan fingerprint density at radius 2 is 1.77 bits per heavy atom. The molecule has 4 N–H and O–H groups in total. The molecule has 0 unspecified atom stereocenters. The average molecular weight is 415 g/mol. The minimum absolute atomic E-state index is 0.267. The van der Waals surface area contributed by atoms with Crippen LogP contribution in [0.3, 0.4) is 0 Å². The zero-order valence-corrected chi connectivity index (χ0v) is 16.7. The van der Waals surface area contributed by atoms with E-state index in [0.29, 0.717) is 19.0 Å². The lowest BCUT2D eigenvalue weighted by atomic mass is 9.88. The Kier molecular flexibility index (Phi) is 7.02. The Balaban J connectivity index is 1.57. The molecule has 160 valence electrons. The van der Waals surface area contributed by atoms with Crippen LogP contribution in [-0.2, 0) is 4.79 Å². The van der Waals surface area contributed by atoms with E-state index in [1.807, 2.05) is 30.3 Å². The normalized spacial score (nSPS) is 16.6. The molecule has 0 aromatic heterocycles. The number of nitrogens with one attached hydrogen (secondary N) is 2. The molecule has 1 heterocycles. The summed E-state index contributed by atoms with van der Waals surface area (Å²) in [5, 5.41) is 20.9. The van der Waals surface area contributed by atoms with E-state index in [9.17, 15) is 19.1 Å². The van der Waals surface area contributed by atoms with Crippen molar-refractivity contribution in [1.82, 2.24) is 15.7 Å². The van der Waals surface area contributed by atoms with Gasteiger partial charge in [-0.25, -0.2) is 14.7 Å². The molecule has 30 heavy (non-hydrogen) atoms. The number of rotatable bonds is 5. The van der Waals surface area contributed by atoms with E-state index < -0.39 is 24.1 Å². The van der Waals surface area contributed by atoms with Crippen molar-refractivity contribution in [3.05, 3.63) is 59.9 Å². The number of hydrogen-bond donors (Lipinski definition) is 4. The van der Waals surface area contributed by atoms with E-state index in [1.54, 1.807) is 11.0 Å². The van der Waals surface area contributed by atoms with Gasteiger partial charge in [-0.05, 0) is 54.5 Å². The van der Waals surface area contributed by atoms with Crippen molar-refractivity contribution in [2.45, 2.75) is 37.8 Å². The summed E-state index contributed by atoms with van der Waals surface area (Å²) in [6.07, 6.45) is 0.381. The SMILES string of the molecule is C[C@@H](O)[C@H](NC(=O)N1CCC(c2ccc(-c3cccc(F)c3)cc2)CC1)C(=O)NO. The molecule has 0 spiro atoms. The standard InChI is InChI=1S/C22H26FN3O4/c1-14(27)20(21(28)25-30)24-22(29)26-11-9-17(10-12-26)15-5-7-16(8-6-15)18-3-2-4-19(23)13-18/h2-8,13-14,17,20,27,30H,9-12H2,1H3,(H,24,29)(H,25,28)/t14-,20+/m1/s1. The molecule has 8 heteroatoms. The second-order valence-corrected chi connectivity index (χ2v) is 7.54. The van der Waals surface area contributed by atoms with Crippen LogP contribution >= 0.6 is 0 Å². The summed E-state index contributed by atoms with van der Waals surface area (Å²) < 4.78 is 13.4.